The lowest BCUT2D eigenvalue weighted by atomic mass is 10.3. The molecule has 1 fully saturated rings. The molecule has 20 heavy (non-hydrogen) atoms. The number of hydrogen-bond donors (Lipinski definition) is 2. The second-order valence-electron chi connectivity index (χ2n) is 4.49. The molecule has 2 N–H and O–H groups in total. The molecule has 0 aromatic heterocycles. The number of aliphatic imine (C=N–C) groups is 1. The summed E-state index contributed by atoms with van der Waals surface area (Å²) in [5.74, 6) is 2.07. The van der Waals surface area contributed by atoms with Gasteiger partial charge in [0.1, 0.15) is 5.84 Å². The Labute approximate surface area is 130 Å². The number of hydrazine groups is 1. The monoisotopic (exact) mass is 308 g/mol. The summed E-state index contributed by atoms with van der Waals surface area (Å²) in [6, 6.07) is 10.2. The number of thioether (sulfide) groups is 1. The van der Waals surface area contributed by atoms with Crippen molar-refractivity contribution < 1.29 is 0 Å². The van der Waals surface area contributed by atoms with Crippen LogP contribution in [0.25, 0.3) is 0 Å². The van der Waals surface area contributed by atoms with Gasteiger partial charge < -0.3 is 5.32 Å². The van der Waals surface area contributed by atoms with Crippen molar-refractivity contribution in [2.24, 2.45) is 4.99 Å². The highest BCUT2D eigenvalue weighted by Crippen LogP contribution is 2.14. The van der Waals surface area contributed by atoms with Crippen molar-refractivity contribution in [2.45, 2.75) is 12.8 Å². The number of hydrogen-bond acceptors (Lipinski definition) is 3. The van der Waals surface area contributed by atoms with Crippen LogP contribution in [0.15, 0.2) is 35.3 Å². The van der Waals surface area contributed by atoms with E-state index in [1.807, 2.05) is 30.0 Å². The fourth-order valence-corrected chi connectivity index (χ4v) is 2.59. The molecule has 0 amide bonds. The zero-order valence-corrected chi connectivity index (χ0v) is 13.3. The lowest BCUT2D eigenvalue weighted by molar-refractivity contribution is 0.848. The van der Waals surface area contributed by atoms with E-state index in [1.165, 1.54) is 0 Å². The minimum atomic E-state index is 0.573. The first kappa shape index (κ1) is 15.1. The van der Waals surface area contributed by atoms with Gasteiger partial charge >= 0.3 is 0 Å². The second-order valence-corrected chi connectivity index (χ2v) is 5.86. The van der Waals surface area contributed by atoms with Crippen molar-refractivity contribution in [1.29, 1.82) is 0 Å². The van der Waals surface area contributed by atoms with Gasteiger partial charge in [-0.25, -0.2) is 4.99 Å². The normalized spacial score (nSPS) is 16.2. The maximum Gasteiger partial charge on any atom is 0.194 e. The van der Waals surface area contributed by atoms with Crippen LogP contribution in [0.1, 0.15) is 12.8 Å². The van der Waals surface area contributed by atoms with E-state index in [-0.39, 0.29) is 0 Å². The van der Waals surface area contributed by atoms with Gasteiger partial charge in [0, 0.05) is 19.5 Å². The number of para-hydroxylation sites is 1. The zero-order chi connectivity index (χ0) is 14.2. The molecule has 1 heterocycles. The molecule has 6 heteroatoms. The van der Waals surface area contributed by atoms with Gasteiger partial charge in [0.2, 0.25) is 0 Å². The molecule has 1 aliphatic heterocycles. The molecule has 0 aliphatic carbocycles. The van der Waals surface area contributed by atoms with E-state index in [0.29, 0.717) is 5.11 Å². The van der Waals surface area contributed by atoms with E-state index in [0.717, 1.165) is 43.2 Å². The number of amidine groups is 1. The summed E-state index contributed by atoms with van der Waals surface area (Å²) < 4.78 is 0. The first-order valence-corrected chi connectivity index (χ1v) is 8.53. The van der Waals surface area contributed by atoms with E-state index >= 15 is 0 Å². The third kappa shape index (κ3) is 4.68. The van der Waals surface area contributed by atoms with Crippen LogP contribution in [0.5, 0.6) is 0 Å². The molecule has 0 bridgehead atoms. The Morgan fingerprint density at radius 2 is 2.25 bits per heavy atom. The lowest BCUT2D eigenvalue weighted by Crippen LogP contribution is -2.34. The molecule has 4 nitrogen and oxygen atoms in total. The van der Waals surface area contributed by atoms with E-state index in [9.17, 15) is 0 Å². The summed E-state index contributed by atoms with van der Waals surface area (Å²) in [4.78, 5) is 4.43. The van der Waals surface area contributed by atoms with Gasteiger partial charge in [-0.2, -0.15) is 11.8 Å². The summed E-state index contributed by atoms with van der Waals surface area (Å²) in [5.41, 5.74) is 4.44. The molecule has 1 aromatic carbocycles. The third-order valence-electron chi connectivity index (χ3n) is 2.94. The van der Waals surface area contributed by atoms with Gasteiger partial charge in [-0.15, -0.1) is 0 Å². The molecule has 1 aliphatic rings. The number of rotatable bonds is 5. The largest absolute Gasteiger partial charge is 0.361 e. The maximum atomic E-state index is 5.23. The minimum absolute atomic E-state index is 0.573. The van der Waals surface area contributed by atoms with Gasteiger partial charge in [-0.3, -0.25) is 10.4 Å². The molecule has 1 aromatic rings. The zero-order valence-electron chi connectivity index (χ0n) is 11.6. The van der Waals surface area contributed by atoms with Crippen molar-refractivity contribution in [2.75, 3.05) is 30.1 Å². The smallest absolute Gasteiger partial charge is 0.194 e. The highest BCUT2D eigenvalue weighted by atomic mass is 32.2. The van der Waals surface area contributed by atoms with Crippen LogP contribution in [0.3, 0.4) is 0 Å². The third-order valence-corrected chi connectivity index (χ3v) is 3.87. The van der Waals surface area contributed by atoms with Crippen LogP contribution in [0.2, 0.25) is 0 Å². The van der Waals surface area contributed by atoms with Crippen molar-refractivity contribution >= 4 is 40.6 Å². The molecule has 0 radical (unpaired) electrons. The molecule has 0 unspecified atom stereocenters. The number of benzene rings is 1. The van der Waals surface area contributed by atoms with Crippen LogP contribution in [-0.2, 0) is 0 Å². The number of nitrogens with zero attached hydrogens (tertiary/aromatic N) is 2. The van der Waals surface area contributed by atoms with Crippen molar-refractivity contribution in [1.82, 2.24) is 10.7 Å². The molecule has 0 atom stereocenters. The Morgan fingerprint density at radius 3 is 3.00 bits per heavy atom. The highest BCUT2D eigenvalue weighted by Gasteiger charge is 2.17. The topological polar surface area (TPSA) is 39.7 Å². The quantitative estimate of drug-likeness (QED) is 0.646. The predicted molar refractivity (Wildman–Crippen MR) is 92.6 cm³/mol. The van der Waals surface area contributed by atoms with E-state index in [4.69, 9.17) is 12.2 Å². The van der Waals surface area contributed by atoms with E-state index in [1.54, 1.807) is 0 Å². The SMILES string of the molecule is CSCCCNC(=S)/N=C1\CCN(c2ccccc2)N1. The summed E-state index contributed by atoms with van der Waals surface area (Å²) in [6.45, 7) is 1.80. The Bertz CT molecular complexity index is 462. The van der Waals surface area contributed by atoms with Crippen LogP contribution in [0, 0.1) is 0 Å². The maximum absolute atomic E-state index is 5.23. The first-order chi connectivity index (χ1) is 9.79. The standard InChI is InChI=1S/C14H20N4S2/c1-20-11-5-9-15-14(19)16-13-8-10-18(17-13)12-6-3-2-4-7-12/h2-4,6-7H,5,8-11H2,1H3,(H2,15,16,17,19). The van der Waals surface area contributed by atoms with Crippen LogP contribution >= 0.6 is 24.0 Å². The predicted octanol–water partition coefficient (Wildman–Crippen LogP) is 2.43. The van der Waals surface area contributed by atoms with Gasteiger partial charge in [-0.1, -0.05) is 18.2 Å². The molecule has 0 spiro atoms. The Morgan fingerprint density at radius 1 is 1.45 bits per heavy atom. The van der Waals surface area contributed by atoms with Gasteiger partial charge in [-0.05, 0) is 42.8 Å². The first-order valence-electron chi connectivity index (χ1n) is 6.73. The van der Waals surface area contributed by atoms with E-state index in [2.05, 4.69) is 39.1 Å². The molecular formula is C14H20N4S2. The molecule has 0 saturated carbocycles. The summed E-state index contributed by atoms with van der Waals surface area (Å²) in [5, 5.41) is 5.84. The van der Waals surface area contributed by atoms with Crippen LogP contribution in [-0.4, -0.2) is 36.0 Å². The van der Waals surface area contributed by atoms with Gasteiger partial charge in [0.15, 0.2) is 5.11 Å². The Kier molecular flexibility index (Phi) is 6.14. The minimum Gasteiger partial charge on any atom is -0.361 e. The summed E-state index contributed by atoms with van der Waals surface area (Å²) in [6.07, 6.45) is 4.11. The fraction of sp³-hybridized carbons (Fsp3) is 0.429. The Hall–Kier alpha value is -1.27. The summed E-state index contributed by atoms with van der Waals surface area (Å²) >= 11 is 7.08. The van der Waals surface area contributed by atoms with Crippen molar-refractivity contribution in [3.8, 4) is 0 Å². The average molecular weight is 308 g/mol. The molecule has 1 saturated heterocycles. The fourth-order valence-electron chi connectivity index (χ4n) is 1.94. The van der Waals surface area contributed by atoms with Crippen molar-refractivity contribution in [3.05, 3.63) is 30.3 Å². The molecule has 108 valence electrons. The number of nitrogens with one attached hydrogen (secondary N) is 2. The summed E-state index contributed by atoms with van der Waals surface area (Å²) in [7, 11) is 0. The van der Waals surface area contributed by atoms with Crippen molar-refractivity contribution in [3.63, 3.8) is 0 Å². The lowest BCUT2D eigenvalue weighted by Gasteiger charge is -2.17. The highest BCUT2D eigenvalue weighted by molar-refractivity contribution is 7.98. The van der Waals surface area contributed by atoms with Crippen LogP contribution in [0.4, 0.5) is 5.69 Å². The average Bonchev–Trinajstić information content (AvgIpc) is 2.93. The molecule has 2 rings (SSSR count). The number of thiocarbonyl (C=S) groups is 1. The van der Waals surface area contributed by atoms with Gasteiger partial charge in [0.25, 0.3) is 0 Å². The Balaban J connectivity index is 1.80. The number of anilines is 1. The van der Waals surface area contributed by atoms with Crippen LogP contribution < -0.4 is 15.8 Å². The second kappa shape index (κ2) is 8.11. The van der Waals surface area contributed by atoms with Gasteiger partial charge in [0.05, 0.1) is 5.69 Å². The molecular weight excluding hydrogens is 288 g/mol. The van der Waals surface area contributed by atoms with E-state index < -0.39 is 0 Å².